The van der Waals surface area contributed by atoms with Gasteiger partial charge >= 0.3 is 0 Å². The average molecular weight is 503 g/mol. The molecule has 9 aliphatic carbocycles. The van der Waals surface area contributed by atoms with Crippen molar-refractivity contribution in [1.82, 2.24) is 10.6 Å². The van der Waals surface area contributed by atoms with E-state index in [-0.39, 0.29) is 32.1 Å². The van der Waals surface area contributed by atoms with Crippen molar-refractivity contribution in [1.29, 1.82) is 0 Å². The molecule has 0 aliphatic heterocycles. The summed E-state index contributed by atoms with van der Waals surface area (Å²) in [5.41, 5.74) is 0. The van der Waals surface area contributed by atoms with Gasteiger partial charge in [0.25, 0.3) is 10.5 Å². The van der Waals surface area contributed by atoms with E-state index in [2.05, 4.69) is 10.6 Å². The summed E-state index contributed by atoms with van der Waals surface area (Å²) in [6.07, 6.45) is 20.2. The summed E-state index contributed by atoms with van der Waals surface area (Å²) in [5.74, 6) is 5.29. The quantitative estimate of drug-likeness (QED) is 0.430. The van der Waals surface area contributed by atoms with E-state index < -0.39 is 0 Å². The molecule has 0 aromatic carbocycles. The Morgan fingerprint density at radius 3 is 1.18 bits per heavy atom. The van der Waals surface area contributed by atoms with Gasteiger partial charge in [0.05, 0.1) is 0 Å². The summed E-state index contributed by atoms with van der Waals surface area (Å²) in [6, 6.07) is 0.440. The van der Waals surface area contributed by atoms with Crippen molar-refractivity contribution < 1.29 is 9.59 Å². The fourth-order valence-corrected chi connectivity index (χ4v) is 13.7. The molecule has 0 heterocycles. The fourth-order valence-electron chi connectivity index (χ4n) is 10.5. The van der Waals surface area contributed by atoms with E-state index in [0.29, 0.717) is 0 Å². The maximum atomic E-state index is 13.1. The maximum absolute atomic E-state index is 13.1. The van der Waals surface area contributed by atoms with E-state index in [1.807, 2.05) is 0 Å². The molecule has 9 saturated carbocycles. The highest BCUT2D eigenvalue weighted by Crippen LogP contribution is 2.62. The number of rotatable bonds is 4. The molecule has 0 aromatic heterocycles. The van der Waals surface area contributed by atoms with Gasteiger partial charge in [-0.2, -0.15) is 0 Å². The smallest absolute Gasteiger partial charge is 0.279 e. The second kappa shape index (κ2) is 8.60. The van der Waals surface area contributed by atoms with Crippen molar-refractivity contribution in [2.24, 2.45) is 35.5 Å². The Bertz CT molecular complexity index is 708. The van der Waals surface area contributed by atoms with Gasteiger partial charge in [0.1, 0.15) is 0 Å². The molecule has 0 spiro atoms. The van der Waals surface area contributed by atoms with Crippen molar-refractivity contribution in [2.45, 2.75) is 124 Å². The summed E-state index contributed by atoms with van der Waals surface area (Å²) in [4.78, 5) is 26.2. The first kappa shape index (κ1) is 22.8. The van der Waals surface area contributed by atoms with Gasteiger partial charge in [0.2, 0.25) is 0 Å². The Labute approximate surface area is 213 Å². The highest BCUT2D eigenvalue weighted by molar-refractivity contribution is 8.15. The van der Waals surface area contributed by atoms with E-state index in [1.54, 1.807) is 23.5 Å². The van der Waals surface area contributed by atoms with E-state index in [9.17, 15) is 9.59 Å². The number of nitrogens with one attached hydrogen (secondary N) is 2. The second-order valence-electron chi connectivity index (χ2n) is 13.8. The zero-order chi connectivity index (χ0) is 22.9. The minimum atomic E-state index is 0.210. The van der Waals surface area contributed by atoms with E-state index >= 15 is 0 Å². The number of hydrogen-bond acceptors (Lipinski definition) is 4. The number of hydrogen-bond donors (Lipinski definition) is 2. The van der Waals surface area contributed by atoms with Gasteiger partial charge in [-0.25, -0.2) is 0 Å². The lowest BCUT2D eigenvalue weighted by Crippen LogP contribution is -2.51. The van der Waals surface area contributed by atoms with Crippen LogP contribution in [0.1, 0.15) is 103 Å². The number of carbonyl (C=O) groups excluding carboxylic acids is 2. The molecule has 0 aromatic rings. The lowest BCUT2D eigenvalue weighted by Gasteiger charge is -2.56. The minimum absolute atomic E-state index is 0.210. The average Bonchev–Trinajstić information content (AvgIpc) is 2.70. The number of amides is 2. The van der Waals surface area contributed by atoms with Gasteiger partial charge in [-0.15, -0.1) is 0 Å². The minimum Gasteiger partial charge on any atom is -0.344 e. The SMILES string of the molecule is O=C(NC1CCCC(NC(=O)SC23CC4CC(CC(C4)C2)C3)C1)SC12CC3CC(CC(C3)C1)C2. The van der Waals surface area contributed by atoms with Crippen LogP contribution in [0.4, 0.5) is 9.59 Å². The highest BCUT2D eigenvalue weighted by atomic mass is 32.2. The first-order valence-corrected chi connectivity index (χ1v) is 16.0. The molecule has 8 bridgehead atoms. The first-order chi connectivity index (χ1) is 16.4. The molecular weight excluding hydrogens is 460 g/mol. The molecule has 0 saturated heterocycles. The topological polar surface area (TPSA) is 58.2 Å². The molecule has 9 fully saturated rings. The van der Waals surface area contributed by atoms with Crippen LogP contribution >= 0.6 is 23.5 Å². The van der Waals surface area contributed by atoms with Crippen molar-refractivity contribution in [3.05, 3.63) is 0 Å². The van der Waals surface area contributed by atoms with Gasteiger partial charge in [-0.3, -0.25) is 9.59 Å². The Morgan fingerprint density at radius 2 is 0.853 bits per heavy atom. The molecule has 0 radical (unpaired) electrons. The van der Waals surface area contributed by atoms with Crippen molar-refractivity contribution in [2.75, 3.05) is 0 Å². The monoisotopic (exact) mass is 502 g/mol. The molecule has 34 heavy (non-hydrogen) atoms. The van der Waals surface area contributed by atoms with Crippen LogP contribution in [0.25, 0.3) is 0 Å². The fraction of sp³-hybridized carbons (Fsp3) is 0.929. The van der Waals surface area contributed by atoms with E-state index in [4.69, 9.17) is 0 Å². The molecule has 4 nitrogen and oxygen atoms in total. The molecule has 9 aliphatic rings. The van der Waals surface area contributed by atoms with Crippen LogP contribution in [0.15, 0.2) is 0 Å². The van der Waals surface area contributed by atoms with E-state index in [1.165, 1.54) is 77.0 Å². The van der Waals surface area contributed by atoms with Gasteiger partial charge in [0, 0.05) is 21.6 Å². The van der Waals surface area contributed by atoms with Gasteiger partial charge < -0.3 is 10.6 Å². The van der Waals surface area contributed by atoms with Crippen LogP contribution in [-0.4, -0.2) is 32.1 Å². The first-order valence-electron chi connectivity index (χ1n) is 14.4. The van der Waals surface area contributed by atoms with Crippen LogP contribution in [0, 0.1) is 35.5 Å². The molecule has 2 N–H and O–H groups in total. The zero-order valence-corrected chi connectivity index (χ0v) is 22.2. The van der Waals surface area contributed by atoms with Gasteiger partial charge in [-0.05, 0) is 138 Å². The Kier molecular flexibility index (Phi) is 5.77. The standard InChI is InChI=1S/C28H42N2O2S2/c31-25(33-27-11-17-4-18(12-27)6-19(5-17)13-27)29-23-2-1-3-24(10-23)30-26(32)34-28-14-20-7-21(15-28)9-22(8-20)16-28/h17-24H,1-16H2,(H,29,31)(H,30,32). The van der Waals surface area contributed by atoms with Crippen LogP contribution < -0.4 is 10.6 Å². The largest absolute Gasteiger partial charge is 0.344 e. The molecule has 188 valence electrons. The van der Waals surface area contributed by atoms with Gasteiger partial charge in [-0.1, -0.05) is 23.5 Å². The highest BCUT2D eigenvalue weighted by Gasteiger charge is 2.53. The van der Waals surface area contributed by atoms with Crippen LogP contribution in [0.5, 0.6) is 0 Å². The lowest BCUT2D eigenvalue weighted by atomic mass is 9.56. The predicted molar refractivity (Wildman–Crippen MR) is 140 cm³/mol. The van der Waals surface area contributed by atoms with Crippen molar-refractivity contribution in [3.8, 4) is 0 Å². The normalized spacial score (nSPS) is 50.4. The zero-order valence-electron chi connectivity index (χ0n) is 20.6. The second-order valence-corrected chi connectivity index (χ2v) is 16.7. The van der Waals surface area contributed by atoms with Gasteiger partial charge in [0.15, 0.2) is 0 Å². The van der Waals surface area contributed by atoms with Crippen molar-refractivity contribution >= 4 is 34.0 Å². The van der Waals surface area contributed by atoms with Crippen LogP contribution in [-0.2, 0) is 0 Å². The Balaban J connectivity index is 0.909. The molecular formula is C28H42N2O2S2. The lowest BCUT2D eigenvalue weighted by molar-refractivity contribution is 0.0385. The summed E-state index contributed by atoms with van der Waals surface area (Å²) in [7, 11) is 0. The summed E-state index contributed by atoms with van der Waals surface area (Å²) < 4.78 is 0.464. The number of carbonyl (C=O) groups is 2. The Hall–Kier alpha value is -0.360. The third-order valence-corrected chi connectivity index (χ3v) is 13.4. The van der Waals surface area contributed by atoms with Crippen molar-refractivity contribution in [3.63, 3.8) is 0 Å². The molecule has 6 heteroatoms. The number of thioether (sulfide) groups is 2. The molecule has 9 rings (SSSR count). The molecule has 2 amide bonds. The summed E-state index contributed by atoms with van der Waals surface area (Å²) in [6.45, 7) is 0. The summed E-state index contributed by atoms with van der Waals surface area (Å²) >= 11 is 3.32. The third kappa shape index (κ3) is 4.46. The molecule has 2 unspecified atom stereocenters. The Morgan fingerprint density at radius 1 is 0.529 bits per heavy atom. The summed E-state index contributed by atoms with van der Waals surface area (Å²) in [5, 5.41) is 7.20. The van der Waals surface area contributed by atoms with E-state index in [0.717, 1.165) is 61.2 Å². The van der Waals surface area contributed by atoms with Crippen LogP contribution in [0.3, 0.4) is 0 Å². The maximum Gasteiger partial charge on any atom is 0.279 e. The third-order valence-electron chi connectivity index (χ3n) is 10.9. The predicted octanol–water partition coefficient (Wildman–Crippen LogP) is 7.12. The molecule has 2 atom stereocenters. The van der Waals surface area contributed by atoms with Crippen LogP contribution in [0.2, 0.25) is 0 Å².